The van der Waals surface area contributed by atoms with Crippen LogP contribution in [0.5, 0.6) is 0 Å². The van der Waals surface area contributed by atoms with Crippen molar-refractivity contribution in [3.63, 3.8) is 0 Å². The van der Waals surface area contributed by atoms with Gasteiger partial charge in [-0.05, 0) is 32.4 Å². The summed E-state index contributed by atoms with van der Waals surface area (Å²) in [5.74, 6) is 0.867. The van der Waals surface area contributed by atoms with Crippen LogP contribution in [0.4, 0.5) is 0 Å². The maximum atomic E-state index is 4.29. The second-order valence-corrected chi connectivity index (χ2v) is 6.79. The molecule has 2 aromatic heterocycles. The molecule has 0 radical (unpaired) electrons. The quantitative estimate of drug-likeness (QED) is 0.297. The highest BCUT2D eigenvalue weighted by Crippen LogP contribution is 2.16. The van der Waals surface area contributed by atoms with Gasteiger partial charge in [-0.15, -0.1) is 35.3 Å². The molecule has 0 saturated heterocycles. The van der Waals surface area contributed by atoms with Crippen LogP contribution in [0.3, 0.4) is 0 Å². The van der Waals surface area contributed by atoms with E-state index in [-0.39, 0.29) is 24.0 Å². The number of nitrogens with zero attached hydrogens (tertiary/aromatic N) is 3. The SMILES string of the molecule is CN=C(NCCCn1ccnc1)NC(C)Cc1ccc(C)s1.I. The number of guanidine groups is 1. The minimum Gasteiger partial charge on any atom is -0.356 e. The van der Waals surface area contributed by atoms with Crippen LogP contribution >= 0.6 is 35.3 Å². The Bertz CT molecular complexity index is 579. The average Bonchev–Trinajstić information content (AvgIpc) is 3.14. The first-order valence-corrected chi connectivity index (χ1v) is 8.47. The van der Waals surface area contributed by atoms with E-state index >= 15 is 0 Å². The Balaban J connectivity index is 0.00000264. The predicted octanol–water partition coefficient (Wildman–Crippen LogP) is 3.06. The molecule has 0 bridgehead atoms. The molecule has 0 saturated carbocycles. The summed E-state index contributed by atoms with van der Waals surface area (Å²) in [5, 5.41) is 6.81. The second-order valence-electron chi connectivity index (χ2n) is 5.41. The van der Waals surface area contributed by atoms with E-state index in [1.165, 1.54) is 9.75 Å². The summed E-state index contributed by atoms with van der Waals surface area (Å²) in [6, 6.07) is 4.74. The molecule has 23 heavy (non-hydrogen) atoms. The van der Waals surface area contributed by atoms with Crippen molar-refractivity contribution < 1.29 is 0 Å². The van der Waals surface area contributed by atoms with E-state index in [1.54, 1.807) is 0 Å². The third-order valence-electron chi connectivity index (χ3n) is 3.35. The summed E-state index contributed by atoms with van der Waals surface area (Å²) in [6.45, 7) is 6.19. The summed E-state index contributed by atoms with van der Waals surface area (Å²) < 4.78 is 2.08. The number of aromatic nitrogens is 2. The van der Waals surface area contributed by atoms with Crippen molar-refractivity contribution in [2.75, 3.05) is 13.6 Å². The summed E-state index contributed by atoms with van der Waals surface area (Å²) in [7, 11) is 1.81. The molecule has 2 aromatic rings. The predicted molar refractivity (Wildman–Crippen MR) is 109 cm³/mol. The Kier molecular flexibility index (Phi) is 9.23. The molecule has 128 valence electrons. The number of nitrogens with one attached hydrogen (secondary N) is 2. The van der Waals surface area contributed by atoms with Gasteiger partial charge in [-0.3, -0.25) is 4.99 Å². The van der Waals surface area contributed by atoms with E-state index in [2.05, 4.69) is 51.2 Å². The third-order valence-corrected chi connectivity index (χ3v) is 4.38. The fourth-order valence-corrected chi connectivity index (χ4v) is 3.28. The normalized spacial score (nSPS) is 12.6. The molecule has 7 heteroatoms. The topological polar surface area (TPSA) is 54.2 Å². The summed E-state index contributed by atoms with van der Waals surface area (Å²) in [5.41, 5.74) is 0. The van der Waals surface area contributed by atoms with Gasteiger partial charge in [0.2, 0.25) is 0 Å². The Morgan fingerprint density at radius 2 is 2.26 bits per heavy atom. The molecule has 0 spiro atoms. The number of thiophene rings is 1. The average molecular weight is 447 g/mol. The lowest BCUT2D eigenvalue weighted by atomic mass is 10.2. The first-order chi connectivity index (χ1) is 10.7. The molecule has 5 nitrogen and oxygen atoms in total. The number of hydrogen-bond acceptors (Lipinski definition) is 3. The fourth-order valence-electron chi connectivity index (χ4n) is 2.26. The van der Waals surface area contributed by atoms with Gasteiger partial charge in [-0.2, -0.15) is 0 Å². The Hall–Kier alpha value is -1.09. The number of halogens is 1. The zero-order valence-electron chi connectivity index (χ0n) is 14.0. The molecule has 0 aliphatic heterocycles. The monoisotopic (exact) mass is 447 g/mol. The van der Waals surface area contributed by atoms with Gasteiger partial charge < -0.3 is 15.2 Å². The molecule has 1 atom stereocenters. The van der Waals surface area contributed by atoms with Gasteiger partial charge in [0.15, 0.2) is 5.96 Å². The Labute approximate surface area is 159 Å². The third kappa shape index (κ3) is 7.34. The van der Waals surface area contributed by atoms with Crippen molar-refractivity contribution in [2.24, 2.45) is 4.99 Å². The smallest absolute Gasteiger partial charge is 0.191 e. The van der Waals surface area contributed by atoms with Crippen LogP contribution in [0.1, 0.15) is 23.1 Å². The summed E-state index contributed by atoms with van der Waals surface area (Å²) in [4.78, 5) is 11.1. The lowest BCUT2D eigenvalue weighted by Crippen LogP contribution is -2.43. The lowest BCUT2D eigenvalue weighted by molar-refractivity contribution is 0.608. The number of aryl methyl sites for hydroxylation is 2. The fraction of sp³-hybridized carbons (Fsp3) is 0.500. The van der Waals surface area contributed by atoms with Crippen molar-refractivity contribution in [1.82, 2.24) is 20.2 Å². The molecule has 0 fully saturated rings. The minimum absolute atomic E-state index is 0. The van der Waals surface area contributed by atoms with E-state index in [4.69, 9.17) is 0 Å². The summed E-state index contributed by atoms with van der Waals surface area (Å²) >= 11 is 1.86. The van der Waals surface area contributed by atoms with Gasteiger partial charge in [-0.25, -0.2) is 4.98 Å². The maximum Gasteiger partial charge on any atom is 0.191 e. The largest absolute Gasteiger partial charge is 0.356 e. The van der Waals surface area contributed by atoms with Crippen molar-refractivity contribution in [1.29, 1.82) is 0 Å². The van der Waals surface area contributed by atoms with E-state index < -0.39 is 0 Å². The highest BCUT2D eigenvalue weighted by molar-refractivity contribution is 14.0. The minimum atomic E-state index is 0. The van der Waals surface area contributed by atoms with Gasteiger partial charge in [0.1, 0.15) is 0 Å². The van der Waals surface area contributed by atoms with Crippen LogP contribution in [0.25, 0.3) is 0 Å². The standard InChI is InChI=1S/C16H25N5S.HI/c1-13(11-15-6-5-14(2)22-15)20-16(17-3)19-7-4-9-21-10-8-18-12-21;/h5-6,8,10,12-13H,4,7,9,11H2,1-3H3,(H2,17,19,20);1H. The van der Waals surface area contributed by atoms with Crippen LogP contribution < -0.4 is 10.6 Å². The Morgan fingerprint density at radius 3 is 2.87 bits per heavy atom. The zero-order valence-corrected chi connectivity index (χ0v) is 17.1. The first-order valence-electron chi connectivity index (χ1n) is 7.65. The van der Waals surface area contributed by atoms with Crippen molar-refractivity contribution in [3.8, 4) is 0 Å². The molecule has 2 rings (SSSR count). The summed E-state index contributed by atoms with van der Waals surface area (Å²) in [6.07, 6.45) is 7.70. The molecule has 1 unspecified atom stereocenters. The highest BCUT2D eigenvalue weighted by Gasteiger charge is 2.07. The van der Waals surface area contributed by atoms with Crippen molar-refractivity contribution in [2.45, 2.75) is 39.3 Å². The molecule has 0 aliphatic rings. The number of imidazole rings is 1. The number of hydrogen-bond donors (Lipinski definition) is 2. The molecule has 0 aromatic carbocycles. The molecule has 2 heterocycles. The molecule has 0 aliphatic carbocycles. The van der Waals surface area contributed by atoms with E-state index in [9.17, 15) is 0 Å². The number of rotatable bonds is 7. The van der Waals surface area contributed by atoms with E-state index in [0.29, 0.717) is 6.04 Å². The number of aliphatic imine (C=N–C) groups is 1. The van der Waals surface area contributed by atoms with Gasteiger partial charge in [0.25, 0.3) is 0 Å². The van der Waals surface area contributed by atoms with Gasteiger partial charge in [-0.1, -0.05) is 0 Å². The van der Waals surface area contributed by atoms with Crippen molar-refractivity contribution in [3.05, 3.63) is 40.6 Å². The molecular formula is C16H26IN5S. The van der Waals surface area contributed by atoms with Crippen LogP contribution in [-0.4, -0.2) is 35.1 Å². The second kappa shape index (κ2) is 10.6. The molecule has 0 amide bonds. The maximum absolute atomic E-state index is 4.29. The van der Waals surface area contributed by atoms with E-state index in [0.717, 1.165) is 31.9 Å². The first kappa shape index (κ1) is 20.0. The van der Waals surface area contributed by atoms with Gasteiger partial charge in [0.05, 0.1) is 6.33 Å². The molecule has 2 N–H and O–H groups in total. The van der Waals surface area contributed by atoms with Crippen LogP contribution in [0, 0.1) is 6.92 Å². The van der Waals surface area contributed by atoms with Gasteiger partial charge >= 0.3 is 0 Å². The van der Waals surface area contributed by atoms with Crippen molar-refractivity contribution >= 4 is 41.3 Å². The van der Waals surface area contributed by atoms with Gasteiger partial charge in [0, 0.05) is 54.7 Å². The van der Waals surface area contributed by atoms with Crippen LogP contribution in [-0.2, 0) is 13.0 Å². The van der Waals surface area contributed by atoms with Crippen LogP contribution in [0.15, 0.2) is 35.8 Å². The van der Waals surface area contributed by atoms with E-state index in [1.807, 2.05) is 37.1 Å². The zero-order chi connectivity index (χ0) is 15.8. The molecular weight excluding hydrogens is 421 g/mol. The highest BCUT2D eigenvalue weighted by atomic mass is 127. The van der Waals surface area contributed by atoms with Crippen LogP contribution in [0.2, 0.25) is 0 Å². The lowest BCUT2D eigenvalue weighted by Gasteiger charge is -2.17. The Morgan fingerprint density at radius 1 is 1.43 bits per heavy atom.